The Morgan fingerprint density at radius 1 is 1.50 bits per heavy atom. The van der Waals surface area contributed by atoms with E-state index in [9.17, 15) is 5.11 Å². The zero-order valence-electron chi connectivity index (χ0n) is 11.6. The molecule has 0 bridgehead atoms. The highest BCUT2D eigenvalue weighted by Gasteiger charge is 2.35. The molecule has 0 amide bonds. The van der Waals surface area contributed by atoms with E-state index in [0.717, 1.165) is 37.0 Å². The number of nitrogens with one attached hydrogen (secondary N) is 1. The van der Waals surface area contributed by atoms with Crippen molar-refractivity contribution >= 4 is 11.8 Å². The molecule has 2 N–H and O–H groups in total. The number of aliphatic hydroxyl groups is 1. The second-order valence-corrected chi connectivity index (χ2v) is 5.40. The highest BCUT2D eigenvalue weighted by atomic mass is 16.3. The minimum atomic E-state index is -0.577. The monoisotopic (exact) mass is 250 g/mol. The van der Waals surface area contributed by atoms with Crippen molar-refractivity contribution in [2.24, 2.45) is 5.92 Å². The maximum absolute atomic E-state index is 10.2. The molecule has 1 fully saturated rings. The highest BCUT2D eigenvalue weighted by Crippen LogP contribution is 2.29. The van der Waals surface area contributed by atoms with Gasteiger partial charge >= 0.3 is 0 Å². The largest absolute Gasteiger partial charge is 0.390 e. The lowest BCUT2D eigenvalue weighted by molar-refractivity contribution is -0.00961. The van der Waals surface area contributed by atoms with E-state index in [4.69, 9.17) is 0 Å². The molecule has 0 aliphatic carbocycles. The van der Waals surface area contributed by atoms with Crippen LogP contribution in [0.5, 0.6) is 0 Å². The molecule has 0 aromatic carbocycles. The minimum absolute atomic E-state index is 0.216. The SMILES string of the molecule is CNc1cc(C)nc(N2CC[C@](C)(O)[C@H](C)C2)n1. The first-order chi connectivity index (χ1) is 8.42. The van der Waals surface area contributed by atoms with Crippen LogP contribution in [0, 0.1) is 12.8 Å². The molecule has 1 aromatic rings. The summed E-state index contributed by atoms with van der Waals surface area (Å²) in [5.41, 5.74) is 0.376. The van der Waals surface area contributed by atoms with Gasteiger partial charge in [-0.25, -0.2) is 4.98 Å². The zero-order chi connectivity index (χ0) is 13.3. The quantitative estimate of drug-likeness (QED) is 0.831. The first kappa shape index (κ1) is 13.1. The zero-order valence-corrected chi connectivity index (χ0v) is 11.6. The van der Waals surface area contributed by atoms with Crippen molar-refractivity contribution in [1.29, 1.82) is 0 Å². The van der Waals surface area contributed by atoms with Gasteiger partial charge in [-0.05, 0) is 20.3 Å². The second kappa shape index (κ2) is 4.72. The van der Waals surface area contributed by atoms with Crippen molar-refractivity contribution in [2.75, 3.05) is 30.4 Å². The van der Waals surface area contributed by atoms with E-state index in [1.165, 1.54) is 0 Å². The molecule has 2 rings (SSSR count). The van der Waals surface area contributed by atoms with E-state index >= 15 is 0 Å². The van der Waals surface area contributed by atoms with Gasteiger partial charge in [0.2, 0.25) is 5.95 Å². The van der Waals surface area contributed by atoms with Crippen LogP contribution in [0.15, 0.2) is 6.07 Å². The standard InChI is InChI=1S/C13H22N4O/c1-9-8-17(6-5-13(9,3)18)12-15-10(2)7-11(14-4)16-12/h7,9,18H,5-6,8H2,1-4H3,(H,14,15,16)/t9-,13+/m1/s1. The third kappa shape index (κ3) is 2.56. The number of anilines is 2. The molecule has 5 heteroatoms. The van der Waals surface area contributed by atoms with E-state index in [2.05, 4.69) is 27.1 Å². The summed E-state index contributed by atoms with van der Waals surface area (Å²) in [5, 5.41) is 13.2. The highest BCUT2D eigenvalue weighted by molar-refractivity contribution is 5.43. The number of nitrogens with zero attached hydrogens (tertiary/aromatic N) is 3. The van der Waals surface area contributed by atoms with Gasteiger partial charge in [0.05, 0.1) is 5.60 Å². The van der Waals surface area contributed by atoms with Crippen LogP contribution in [0.2, 0.25) is 0 Å². The van der Waals surface area contributed by atoms with Gasteiger partial charge in [0.25, 0.3) is 0 Å². The van der Waals surface area contributed by atoms with Crippen molar-refractivity contribution in [3.05, 3.63) is 11.8 Å². The Bertz CT molecular complexity index is 433. The average molecular weight is 250 g/mol. The first-order valence-electron chi connectivity index (χ1n) is 6.43. The fraction of sp³-hybridized carbons (Fsp3) is 0.692. The van der Waals surface area contributed by atoms with Crippen molar-refractivity contribution < 1.29 is 5.11 Å². The summed E-state index contributed by atoms with van der Waals surface area (Å²) in [5.74, 6) is 1.80. The lowest BCUT2D eigenvalue weighted by atomic mass is 9.84. The lowest BCUT2D eigenvalue weighted by Gasteiger charge is -2.41. The maximum Gasteiger partial charge on any atom is 0.227 e. The molecule has 1 saturated heterocycles. The Hall–Kier alpha value is -1.36. The summed E-state index contributed by atoms with van der Waals surface area (Å²) < 4.78 is 0. The van der Waals surface area contributed by atoms with Crippen LogP contribution in [-0.2, 0) is 0 Å². The van der Waals surface area contributed by atoms with Crippen molar-refractivity contribution in [1.82, 2.24) is 9.97 Å². The molecular weight excluding hydrogens is 228 g/mol. The molecule has 100 valence electrons. The van der Waals surface area contributed by atoms with E-state index in [0.29, 0.717) is 0 Å². The lowest BCUT2D eigenvalue weighted by Crippen LogP contribution is -2.49. The number of aromatic nitrogens is 2. The van der Waals surface area contributed by atoms with Crippen LogP contribution in [0.1, 0.15) is 26.0 Å². The fourth-order valence-electron chi connectivity index (χ4n) is 2.23. The van der Waals surface area contributed by atoms with Gasteiger partial charge in [0, 0.05) is 37.8 Å². The summed E-state index contributed by atoms with van der Waals surface area (Å²) in [4.78, 5) is 11.1. The van der Waals surface area contributed by atoms with Crippen molar-refractivity contribution in [2.45, 2.75) is 32.8 Å². The van der Waals surface area contributed by atoms with Gasteiger partial charge in [-0.15, -0.1) is 0 Å². The Morgan fingerprint density at radius 2 is 2.22 bits per heavy atom. The predicted molar refractivity (Wildman–Crippen MR) is 72.9 cm³/mol. The van der Waals surface area contributed by atoms with Crippen LogP contribution < -0.4 is 10.2 Å². The Morgan fingerprint density at radius 3 is 2.83 bits per heavy atom. The van der Waals surface area contributed by atoms with Crippen LogP contribution in [0.25, 0.3) is 0 Å². The van der Waals surface area contributed by atoms with Crippen molar-refractivity contribution in [3.63, 3.8) is 0 Å². The molecule has 18 heavy (non-hydrogen) atoms. The average Bonchev–Trinajstić information content (AvgIpc) is 2.32. The summed E-state index contributed by atoms with van der Waals surface area (Å²) in [6, 6.07) is 1.92. The molecule has 1 aliphatic heterocycles. The molecule has 0 unspecified atom stereocenters. The summed E-state index contributed by atoms with van der Waals surface area (Å²) in [6.45, 7) is 7.53. The predicted octanol–water partition coefficient (Wildman–Crippen LogP) is 1.42. The molecule has 1 aromatic heterocycles. The molecule has 5 nitrogen and oxygen atoms in total. The minimum Gasteiger partial charge on any atom is -0.390 e. The fourth-order valence-corrected chi connectivity index (χ4v) is 2.23. The number of rotatable bonds is 2. The van der Waals surface area contributed by atoms with Gasteiger partial charge in [-0.1, -0.05) is 6.92 Å². The van der Waals surface area contributed by atoms with Gasteiger partial charge < -0.3 is 15.3 Å². The Kier molecular flexibility index (Phi) is 3.43. The number of hydrogen-bond acceptors (Lipinski definition) is 5. The molecule has 2 atom stereocenters. The number of hydrogen-bond donors (Lipinski definition) is 2. The van der Waals surface area contributed by atoms with E-state index in [1.807, 2.05) is 27.0 Å². The summed E-state index contributed by atoms with van der Waals surface area (Å²) in [6.07, 6.45) is 0.750. The number of aryl methyl sites for hydroxylation is 1. The van der Waals surface area contributed by atoms with Crippen LogP contribution in [0.3, 0.4) is 0 Å². The van der Waals surface area contributed by atoms with Gasteiger partial charge in [0.15, 0.2) is 0 Å². The molecular formula is C13H22N4O. The molecule has 1 aliphatic rings. The second-order valence-electron chi connectivity index (χ2n) is 5.40. The third-order valence-electron chi connectivity index (χ3n) is 3.83. The first-order valence-corrected chi connectivity index (χ1v) is 6.43. The summed E-state index contributed by atoms with van der Waals surface area (Å²) >= 11 is 0. The molecule has 0 saturated carbocycles. The van der Waals surface area contributed by atoms with Crippen LogP contribution in [-0.4, -0.2) is 40.8 Å². The van der Waals surface area contributed by atoms with E-state index in [-0.39, 0.29) is 5.92 Å². The maximum atomic E-state index is 10.2. The van der Waals surface area contributed by atoms with E-state index in [1.54, 1.807) is 0 Å². The molecule has 0 radical (unpaired) electrons. The topological polar surface area (TPSA) is 61.3 Å². The van der Waals surface area contributed by atoms with Gasteiger partial charge in [0.1, 0.15) is 5.82 Å². The number of piperidine rings is 1. The van der Waals surface area contributed by atoms with Crippen LogP contribution in [0.4, 0.5) is 11.8 Å². The van der Waals surface area contributed by atoms with Gasteiger partial charge in [-0.3, -0.25) is 0 Å². The Balaban J connectivity index is 2.20. The summed E-state index contributed by atoms with van der Waals surface area (Å²) in [7, 11) is 1.86. The molecule has 0 spiro atoms. The normalized spacial score (nSPS) is 28.3. The molecule has 2 heterocycles. The van der Waals surface area contributed by atoms with Gasteiger partial charge in [-0.2, -0.15) is 4.98 Å². The third-order valence-corrected chi connectivity index (χ3v) is 3.83. The van der Waals surface area contributed by atoms with Crippen molar-refractivity contribution in [3.8, 4) is 0 Å². The van der Waals surface area contributed by atoms with E-state index < -0.39 is 5.60 Å². The van der Waals surface area contributed by atoms with Crippen LogP contribution >= 0.6 is 0 Å². The Labute approximate surface area is 108 Å². The smallest absolute Gasteiger partial charge is 0.227 e.